The van der Waals surface area contributed by atoms with Gasteiger partial charge in [0.05, 0.1) is 22.8 Å². The van der Waals surface area contributed by atoms with Crippen molar-refractivity contribution in [3.05, 3.63) is 53.0 Å². The molecule has 1 heterocycles. The summed E-state index contributed by atoms with van der Waals surface area (Å²) >= 11 is 3.25. The molecule has 0 radical (unpaired) electrons. The summed E-state index contributed by atoms with van der Waals surface area (Å²) in [6.45, 7) is 0.667. The third-order valence-corrected chi connectivity index (χ3v) is 5.16. The third kappa shape index (κ3) is 3.32. The smallest absolute Gasteiger partial charge is 0.414 e. The lowest BCUT2D eigenvalue weighted by atomic mass is 10.2. The molecule has 0 atom stereocenters. The summed E-state index contributed by atoms with van der Waals surface area (Å²) in [5, 5.41) is 0. The first-order valence-corrected chi connectivity index (χ1v) is 9.07. The normalized spacial score (nSPS) is 14.7. The minimum Gasteiger partial charge on any atom is -0.447 e. The highest BCUT2D eigenvalue weighted by atomic mass is 79.9. The Morgan fingerprint density at radius 3 is 2.61 bits per heavy atom. The third-order valence-electron chi connectivity index (χ3n) is 3.31. The molecule has 6 nitrogen and oxygen atoms in total. The van der Waals surface area contributed by atoms with Crippen molar-refractivity contribution in [3.8, 4) is 0 Å². The van der Waals surface area contributed by atoms with Crippen LogP contribution in [0.5, 0.6) is 0 Å². The number of amides is 1. The molecule has 0 unspecified atom stereocenters. The van der Waals surface area contributed by atoms with Gasteiger partial charge in [0.2, 0.25) is 0 Å². The van der Waals surface area contributed by atoms with Crippen molar-refractivity contribution in [1.29, 1.82) is 0 Å². The molecule has 1 fully saturated rings. The van der Waals surface area contributed by atoms with E-state index in [1.165, 1.54) is 17.0 Å². The van der Waals surface area contributed by atoms with E-state index in [0.29, 0.717) is 22.4 Å². The van der Waals surface area contributed by atoms with Gasteiger partial charge in [-0.1, -0.05) is 34.1 Å². The van der Waals surface area contributed by atoms with Gasteiger partial charge in [0.25, 0.3) is 10.0 Å². The summed E-state index contributed by atoms with van der Waals surface area (Å²) in [6.07, 6.45) is -0.487. The standard InChI is InChI=1S/C15H13BrN2O4S/c16-11-4-3-5-12(10-11)23(20,21)17-13-6-1-2-7-14(13)18-8-9-22-15(18)19/h1-7,10,17H,8-9H2. The fourth-order valence-electron chi connectivity index (χ4n) is 2.25. The molecule has 1 N–H and O–H groups in total. The lowest BCUT2D eigenvalue weighted by Crippen LogP contribution is -2.25. The van der Waals surface area contributed by atoms with E-state index >= 15 is 0 Å². The van der Waals surface area contributed by atoms with E-state index in [2.05, 4.69) is 20.7 Å². The van der Waals surface area contributed by atoms with E-state index in [0.717, 1.165) is 0 Å². The average Bonchev–Trinajstić information content (AvgIpc) is 2.93. The van der Waals surface area contributed by atoms with E-state index in [1.807, 2.05) is 0 Å². The van der Waals surface area contributed by atoms with E-state index in [-0.39, 0.29) is 11.5 Å². The molecule has 0 spiro atoms. The van der Waals surface area contributed by atoms with E-state index < -0.39 is 16.1 Å². The number of para-hydroxylation sites is 2. The van der Waals surface area contributed by atoms with Crippen LogP contribution in [0, 0.1) is 0 Å². The number of hydrogen-bond acceptors (Lipinski definition) is 4. The van der Waals surface area contributed by atoms with Crippen molar-refractivity contribution in [2.24, 2.45) is 0 Å². The number of ether oxygens (including phenoxy) is 1. The number of sulfonamides is 1. The predicted molar refractivity (Wildman–Crippen MR) is 90.1 cm³/mol. The van der Waals surface area contributed by atoms with Gasteiger partial charge in [0, 0.05) is 4.47 Å². The molecule has 1 amide bonds. The largest absolute Gasteiger partial charge is 0.447 e. The number of carbonyl (C=O) groups is 1. The average molecular weight is 397 g/mol. The molecule has 0 bridgehead atoms. The number of cyclic esters (lactones) is 1. The SMILES string of the molecule is O=C1OCCN1c1ccccc1NS(=O)(=O)c1cccc(Br)c1. The fraction of sp³-hybridized carbons (Fsp3) is 0.133. The van der Waals surface area contributed by atoms with Crippen LogP contribution in [0.4, 0.5) is 16.2 Å². The number of hydrogen-bond donors (Lipinski definition) is 1. The first-order chi connectivity index (χ1) is 11.0. The molecular weight excluding hydrogens is 384 g/mol. The second kappa shape index (κ2) is 6.21. The lowest BCUT2D eigenvalue weighted by molar-refractivity contribution is 0.181. The second-order valence-corrected chi connectivity index (χ2v) is 7.44. The summed E-state index contributed by atoms with van der Waals surface area (Å²) in [4.78, 5) is 13.3. The Labute approximate surface area is 142 Å². The van der Waals surface area contributed by atoms with Gasteiger partial charge >= 0.3 is 6.09 Å². The molecule has 23 heavy (non-hydrogen) atoms. The first-order valence-electron chi connectivity index (χ1n) is 6.79. The molecule has 1 aliphatic rings. The van der Waals surface area contributed by atoms with Gasteiger partial charge in [-0.05, 0) is 30.3 Å². The summed E-state index contributed by atoms with van der Waals surface area (Å²) in [5.41, 5.74) is 0.792. The molecule has 120 valence electrons. The Balaban J connectivity index is 1.96. The number of rotatable bonds is 4. The number of nitrogens with one attached hydrogen (secondary N) is 1. The van der Waals surface area contributed by atoms with Crippen molar-refractivity contribution in [3.63, 3.8) is 0 Å². The van der Waals surface area contributed by atoms with Gasteiger partial charge in [-0.3, -0.25) is 9.62 Å². The van der Waals surface area contributed by atoms with Crippen LogP contribution in [0.2, 0.25) is 0 Å². The quantitative estimate of drug-likeness (QED) is 0.860. The Hall–Kier alpha value is -2.06. The number of nitrogens with zero attached hydrogens (tertiary/aromatic N) is 1. The van der Waals surface area contributed by atoms with Crippen molar-refractivity contribution in [1.82, 2.24) is 0 Å². The minimum atomic E-state index is -3.76. The molecule has 1 aliphatic heterocycles. The number of carbonyl (C=O) groups excluding carboxylic acids is 1. The van der Waals surface area contributed by atoms with Gasteiger partial charge in [0.15, 0.2) is 0 Å². The number of halogens is 1. The van der Waals surface area contributed by atoms with E-state index in [9.17, 15) is 13.2 Å². The molecule has 2 aromatic rings. The predicted octanol–water partition coefficient (Wildman–Crippen LogP) is 3.21. The van der Waals surface area contributed by atoms with Crippen LogP contribution >= 0.6 is 15.9 Å². The highest BCUT2D eigenvalue weighted by molar-refractivity contribution is 9.10. The Bertz CT molecular complexity index is 854. The second-order valence-electron chi connectivity index (χ2n) is 4.85. The van der Waals surface area contributed by atoms with Gasteiger partial charge < -0.3 is 4.74 Å². The fourth-order valence-corrected chi connectivity index (χ4v) is 3.92. The van der Waals surface area contributed by atoms with Crippen LogP contribution in [0.3, 0.4) is 0 Å². The summed E-state index contributed by atoms with van der Waals surface area (Å²) in [5.74, 6) is 0. The van der Waals surface area contributed by atoms with Gasteiger partial charge in [0.1, 0.15) is 6.61 Å². The Morgan fingerprint density at radius 1 is 1.13 bits per heavy atom. The van der Waals surface area contributed by atoms with Crippen LogP contribution in [-0.2, 0) is 14.8 Å². The van der Waals surface area contributed by atoms with Crippen LogP contribution in [-0.4, -0.2) is 27.7 Å². The highest BCUT2D eigenvalue weighted by Crippen LogP contribution is 2.30. The molecule has 0 aliphatic carbocycles. The first kappa shape index (κ1) is 15.8. The molecule has 3 rings (SSSR count). The molecular formula is C15H13BrN2O4S. The lowest BCUT2D eigenvalue weighted by Gasteiger charge is -2.18. The maximum absolute atomic E-state index is 12.5. The molecule has 0 saturated carbocycles. The zero-order chi connectivity index (χ0) is 16.4. The van der Waals surface area contributed by atoms with Crippen LogP contribution in [0.1, 0.15) is 0 Å². The van der Waals surface area contributed by atoms with Crippen molar-refractivity contribution >= 4 is 43.4 Å². The summed E-state index contributed by atoms with van der Waals surface area (Å²) < 4.78 is 33.2. The monoisotopic (exact) mass is 396 g/mol. The Kier molecular flexibility index (Phi) is 4.27. The van der Waals surface area contributed by atoms with Crippen molar-refractivity contribution < 1.29 is 17.9 Å². The van der Waals surface area contributed by atoms with Crippen molar-refractivity contribution in [2.45, 2.75) is 4.90 Å². The van der Waals surface area contributed by atoms with Crippen LogP contribution in [0.15, 0.2) is 57.9 Å². The van der Waals surface area contributed by atoms with Gasteiger partial charge in [-0.15, -0.1) is 0 Å². The van der Waals surface area contributed by atoms with Crippen LogP contribution in [0.25, 0.3) is 0 Å². The highest BCUT2D eigenvalue weighted by Gasteiger charge is 2.27. The topological polar surface area (TPSA) is 75.7 Å². The minimum absolute atomic E-state index is 0.130. The molecule has 1 saturated heterocycles. The molecule has 8 heteroatoms. The van der Waals surface area contributed by atoms with Crippen molar-refractivity contribution in [2.75, 3.05) is 22.8 Å². The van der Waals surface area contributed by atoms with Crippen LogP contribution < -0.4 is 9.62 Å². The molecule has 0 aromatic heterocycles. The maximum Gasteiger partial charge on any atom is 0.414 e. The summed E-state index contributed by atoms with van der Waals surface area (Å²) in [7, 11) is -3.76. The van der Waals surface area contributed by atoms with Gasteiger partial charge in [-0.25, -0.2) is 13.2 Å². The van der Waals surface area contributed by atoms with Gasteiger partial charge in [-0.2, -0.15) is 0 Å². The molecule has 2 aromatic carbocycles. The Morgan fingerprint density at radius 2 is 1.91 bits per heavy atom. The summed E-state index contributed by atoms with van der Waals surface area (Å²) in [6, 6.07) is 13.1. The van der Waals surface area contributed by atoms with E-state index in [4.69, 9.17) is 4.74 Å². The van der Waals surface area contributed by atoms with E-state index in [1.54, 1.807) is 36.4 Å². The number of benzene rings is 2. The number of anilines is 2. The zero-order valence-electron chi connectivity index (χ0n) is 11.9. The zero-order valence-corrected chi connectivity index (χ0v) is 14.3. The maximum atomic E-state index is 12.5.